The number of thioether (sulfide) groups is 1. The molecular weight excluding hydrogens is 582 g/mol. The SMILES string of the molecule is CCC[C@]1(SC[C@H](NC(=O)CC[C@H](NCNC)C(=O)O)C(=O)N[C@@H](O)C(=O)O)CC[C@H]2CC=C(CNC)[C@H]3C(=O)OC1=C23. The number of nitrogens with one attached hydrogen (secondary N) is 5. The van der Waals surface area contributed by atoms with Gasteiger partial charge in [-0.2, -0.15) is 0 Å². The normalized spacial score (nSPS) is 24.7. The number of carbonyl (C=O) groups is 5. The van der Waals surface area contributed by atoms with E-state index in [1.165, 1.54) is 11.8 Å². The number of amides is 2. The quantitative estimate of drug-likeness (QED) is 0.0556. The van der Waals surface area contributed by atoms with Gasteiger partial charge in [-0.05, 0) is 63.3 Å². The predicted octanol–water partition coefficient (Wildman–Crippen LogP) is -0.351. The van der Waals surface area contributed by atoms with Crippen molar-refractivity contribution < 1.29 is 44.0 Å². The third-order valence-electron chi connectivity index (χ3n) is 8.01. The first kappa shape index (κ1) is 34.5. The van der Waals surface area contributed by atoms with Crippen molar-refractivity contribution >= 4 is 41.5 Å². The highest BCUT2D eigenvalue weighted by Crippen LogP contribution is 2.56. The van der Waals surface area contributed by atoms with E-state index in [0.29, 0.717) is 25.1 Å². The molecule has 0 fully saturated rings. The van der Waals surface area contributed by atoms with Gasteiger partial charge >= 0.3 is 17.9 Å². The van der Waals surface area contributed by atoms with Gasteiger partial charge in [-0.3, -0.25) is 24.5 Å². The Kier molecular flexibility index (Phi) is 12.6. The second-order valence-electron chi connectivity index (χ2n) is 11.0. The number of carbonyl (C=O) groups excluding carboxylic acids is 3. The molecule has 0 aromatic heterocycles. The summed E-state index contributed by atoms with van der Waals surface area (Å²) in [6.45, 7) is 2.78. The number of esters is 1. The lowest BCUT2D eigenvalue weighted by molar-refractivity contribution is -0.151. The van der Waals surface area contributed by atoms with E-state index in [9.17, 15) is 34.2 Å². The molecule has 2 amide bonds. The zero-order chi connectivity index (χ0) is 31.7. The minimum atomic E-state index is -2.18. The molecule has 0 spiro atoms. The Morgan fingerprint density at radius 2 is 1.86 bits per heavy atom. The fraction of sp³-hybridized carbons (Fsp3) is 0.679. The number of likely N-dealkylation sites (N-methyl/N-ethyl adjacent to an activating group) is 1. The maximum absolute atomic E-state index is 13.1. The Bertz CT molecular complexity index is 1150. The zero-order valence-electron chi connectivity index (χ0n) is 24.7. The number of aliphatic carboxylic acids is 2. The first-order chi connectivity index (χ1) is 20.5. The monoisotopic (exact) mass is 625 g/mol. The molecule has 1 aliphatic heterocycles. The highest BCUT2D eigenvalue weighted by atomic mass is 32.2. The molecule has 14 nitrogen and oxygen atoms in total. The van der Waals surface area contributed by atoms with Crippen LogP contribution in [-0.4, -0.2) is 101 Å². The summed E-state index contributed by atoms with van der Waals surface area (Å²) in [4.78, 5) is 61.8. The van der Waals surface area contributed by atoms with Crippen molar-refractivity contribution in [3.05, 3.63) is 23.0 Å². The summed E-state index contributed by atoms with van der Waals surface area (Å²) in [5, 5.41) is 41.5. The number of allylic oxidation sites excluding steroid dienone is 1. The highest BCUT2D eigenvalue weighted by molar-refractivity contribution is 8.00. The number of hydrogen-bond donors (Lipinski definition) is 8. The fourth-order valence-electron chi connectivity index (χ4n) is 5.97. The van der Waals surface area contributed by atoms with Crippen LogP contribution in [0.15, 0.2) is 23.0 Å². The third-order valence-corrected chi connectivity index (χ3v) is 9.65. The molecular formula is C28H43N5O9S. The number of aliphatic hydroxyl groups excluding tert-OH is 1. The molecule has 8 N–H and O–H groups in total. The van der Waals surface area contributed by atoms with Gasteiger partial charge in [-0.15, -0.1) is 11.8 Å². The summed E-state index contributed by atoms with van der Waals surface area (Å²) in [5.74, 6) is -4.27. The maximum Gasteiger partial charge on any atom is 0.353 e. The van der Waals surface area contributed by atoms with Crippen LogP contribution in [0.1, 0.15) is 51.9 Å². The molecule has 3 aliphatic rings. The Morgan fingerprint density at radius 3 is 2.49 bits per heavy atom. The van der Waals surface area contributed by atoms with Gasteiger partial charge in [0.15, 0.2) is 0 Å². The van der Waals surface area contributed by atoms with Crippen LogP contribution in [0.25, 0.3) is 0 Å². The largest absolute Gasteiger partial charge is 0.480 e. The predicted molar refractivity (Wildman–Crippen MR) is 157 cm³/mol. The van der Waals surface area contributed by atoms with Crippen molar-refractivity contribution in [1.82, 2.24) is 26.6 Å². The van der Waals surface area contributed by atoms with Crippen LogP contribution < -0.4 is 26.6 Å². The minimum Gasteiger partial charge on any atom is -0.480 e. The van der Waals surface area contributed by atoms with Crippen LogP contribution in [0.4, 0.5) is 0 Å². The number of hydrogen-bond acceptors (Lipinski definition) is 11. The molecule has 0 saturated carbocycles. The van der Waals surface area contributed by atoms with Crippen LogP contribution in [0.5, 0.6) is 0 Å². The average Bonchev–Trinajstić information content (AvgIpc) is 3.32. The van der Waals surface area contributed by atoms with Crippen LogP contribution >= 0.6 is 11.8 Å². The smallest absolute Gasteiger partial charge is 0.353 e. The van der Waals surface area contributed by atoms with Crippen molar-refractivity contribution in [2.75, 3.05) is 33.1 Å². The number of carboxylic acids is 2. The summed E-state index contributed by atoms with van der Waals surface area (Å²) >= 11 is 1.37. The zero-order valence-corrected chi connectivity index (χ0v) is 25.6. The van der Waals surface area contributed by atoms with Crippen molar-refractivity contribution in [1.29, 1.82) is 0 Å². The topological polar surface area (TPSA) is 215 Å². The molecule has 0 bridgehead atoms. The molecule has 1 heterocycles. The molecule has 0 aromatic rings. The van der Waals surface area contributed by atoms with Crippen LogP contribution in [0.2, 0.25) is 0 Å². The van der Waals surface area contributed by atoms with E-state index in [1.54, 1.807) is 7.05 Å². The van der Waals surface area contributed by atoms with Gasteiger partial charge < -0.3 is 41.3 Å². The van der Waals surface area contributed by atoms with E-state index in [4.69, 9.17) is 9.84 Å². The number of ether oxygens (including phenoxy) is 1. The van der Waals surface area contributed by atoms with Gasteiger partial charge in [0, 0.05) is 25.4 Å². The van der Waals surface area contributed by atoms with E-state index in [-0.39, 0.29) is 37.2 Å². The summed E-state index contributed by atoms with van der Waals surface area (Å²) in [7, 11) is 3.46. The molecule has 0 aromatic carbocycles. The van der Waals surface area contributed by atoms with E-state index < -0.39 is 52.7 Å². The van der Waals surface area contributed by atoms with Crippen LogP contribution in [-0.2, 0) is 28.7 Å². The summed E-state index contributed by atoms with van der Waals surface area (Å²) in [6, 6.07) is -2.26. The fourth-order valence-corrected chi connectivity index (χ4v) is 7.59. The van der Waals surface area contributed by atoms with Gasteiger partial charge in [0.1, 0.15) is 23.8 Å². The van der Waals surface area contributed by atoms with Crippen molar-refractivity contribution in [2.24, 2.45) is 11.8 Å². The molecule has 15 heteroatoms. The van der Waals surface area contributed by atoms with E-state index in [2.05, 4.69) is 27.3 Å². The highest BCUT2D eigenvalue weighted by Gasteiger charge is 2.53. The van der Waals surface area contributed by atoms with Crippen molar-refractivity contribution in [2.45, 2.75) is 74.9 Å². The van der Waals surface area contributed by atoms with E-state index in [0.717, 1.165) is 30.4 Å². The molecule has 43 heavy (non-hydrogen) atoms. The lowest BCUT2D eigenvalue weighted by Crippen LogP contribution is -2.53. The molecule has 3 rings (SSSR count). The Balaban J connectivity index is 1.83. The molecule has 6 atom stereocenters. The molecule has 2 aliphatic carbocycles. The molecule has 0 unspecified atom stereocenters. The van der Waals surface area contributed by atoms with Crippen LogP contribution in [0.3, 0.4) is 0 Å². The average molecular weight is 626 g/mol. The van der Waals surface area contributed by atoms with E-state index in [1.807, 2.05) is 19.3 Å². The number of rotatable bonds is 18. The molecule has 240 valence electrons. The maximum atomic E-state index is 13.1. The Labute approximate surface area is 254 Å². The van der Waals surface area contributed by atoms with Crippen molar-refractivity contribution in [3.8, 4) is 0 Å². The molecule has 0 radical (unpaired) electrons. The first-order valence-electron chi connectivity index (χ1n) is 14.5. The minimum absolute atomic E-state index is 0.00679. The second kappa shape index (κ2) is 15.7. The molecule has 0 saturated heterocycles. The lowest BCUT2D eigenvalue weighted by atomic mass is 9.69. The van der Waals surface area contributed by atoms with Gasteiger partial charge in [-0.25, -0.2) is 4.79 Å². The van der Waals surface area contributed by atoms with Gasteiger partial charge in [0.2, 0.25) is 18.0 Å². The third kappa shape index (κ3) is 8.35. The summed E-state index contributed by atoms with van der Waals surface area (Å²) < 4.78 is 5.35. The summed E-state index contributed by atoms with van der Waals surface area (Å²) in [6.07, 6.45) is 3.37. The Morgan fingerprint density at radius 1 is 1.12 bits per heavy atom. The standard InChI is InChI=1S/C28H43N5O9S/c1-4-10-28(11-9-15-5-6-16(12-29-2)21-20(15)22(28)42-27(21)41)43-13-18(23(35)33-24(36)26(39)40)32-19(34)8-7-17(25(37)38)31-14-30-3/h6,15,17-18,21,24,29-31,36H,4-5,7-14H2,1-3H3,(H,32,34)(H,33,35)(H,37,38)(H,39,40)/t15-,17+,18+,21-,24+,28+/m1/s1. The first-order valence-corrected chi connectivity index (χ1v) is 15.5. The van der Waals surface area contributed by atoms with Gasteiger partial charge in [-0.1, -0.05) is 19.4 Å². The second-order valence-corrected chi connectivity index (χ2v) is 12.4. The Hall–Kier alpha value is -2.98. The number of carboxylic acid groups (broad SMARTS) is 2. The van der Waals surface area contributed by atoms with Crippen molar-refractivity contribution in [3.63, 3.8) is 0 Å². The lowest BCUT2D eigenvalue weighted by Gasteiger charge is -2.41. The van der Waals surface area contributed by atoms with Crippen LogP contribution in [0, 0.1) is 11.8 Å². The van der Waals surface area contributed by atoms with Gasteiger partial charge in [0.25, 0.3) is 0 Å². The summed E-state index contributed by atoms with van der Waals surface area (Å²) in [5.41, 5.74) is 1.96. The van der Waals surface area contributed by atoms with Gasteiger partial charge in [0.05, 0.1) is 4.75 Å². The van der Waals surface area contributed by atoms with E-state index >= 15 is 0 Å². The number of aliphatic hydroxyl groups is 1.